The van der Waals surface area contributed by atoms with E-state index in [0.717, 1.165) is 25.0 Å². The van der Waals surface area contributed by atoms with Gasteiger partial charge in [0.1, 0.15) is 16.4 Å². The number of halogens is 1. The maximum atomic E-state index is 11.1. The Kier molecular flexibility index (Phi) is 4.77. The van der Waals surface area contributed by atoms with Crippen LogP contribution in [0.5, 0.6) is 0 Å². The van der Waals surface area contributed by atoms with E-state index in [1.165, 1.54) is 6.08 Å². The second-order valence-electron chi connectivity index (χ2n) is 5.32. The molecule has 0 aliphatic heterocycles. The molecule has 0 amide bonds. The average Bonchev–Trinajstić information content (AvgIpc) is 2.47. The van der Waals surface area contributed by atoms with E-state index in [9.17, 15) is 10.1 Å². The van der Waals surface area contributed by atoms with Gasteiger partial charge in [-0.25, -0.2) is 9.97 Å². The molecule has 2 rings (SSSR count). The maximum Gasteiger partial charge on any atom is 0.271 e. The topological polar surface area (TPSA) is 121 Å². The summed E-state index contributed by atoms with van der Waals surface area (Å²) in [5, 5.41) is 11.3. The van der Waals surface area contributed by atoms with Crippen LogP contribution in [0.2, 0.25) is 5.15 Å². The summed E-state index contributed by atoms with van der Waals surface area (Å²) < 4.78 is 0. The highest BCUT2D eigenvalue weighted by molar-refractivity contribution is 6.29. The van der Waals surface area contributed by atoms with Crippen LogP contribution in [0.4, 0.5) is 0 Å². The van der Waals surface area contributed by atoms with Crippen molar-refractivity contribution >= 4 is 11.6 Å². The maximum absolute atomic E-state index is 11.1. The zero-order chi connectivity index (χ0) is 16.3. The third-order valence-electron chi connectivity index (χ3n) is 3.52. The zero-order valence-electron chi connectivity index (χ0n) is 12.3. The van der Waals surface area contributed by atoms with Crippen LogP contribution >= 0.6 is 11.6 Å². The molecule has 1 aromatic rings. The number of nitrogens with two attached hydrogens (primary N) is 2. The smallest absolute Gasteiger partial charge is 0.271 e. The van der Waals surface area contributed by atoms with E-state index in [2.05, 4.69) is 16.9 Å². The number of nitro groups is 1. The minimum atomic E-state index is -1.18. The second-order valence-corrected chi connectivity index (χ2v) is 5.71. The highest BCUT2D eigenvalue weighted by atomic mass is 35.5. The van der Waals surface area contributed by atoms with Gasteiger partial charge in [-0.15, -0.1) is 0 Å². The number of rotatable bonds is 5. The summed E-state index contributed by atoms with van der Waals surface area (Å²) in [6, 6.07) is 1.69. The molecule has 0 saturated heterocycles. The van der Waals surface area contributed by atoms with Crippen LogP contribution in [0.25, 0.3) is 0 Å². The molecule has 0 bridgehead atoms. The minimum absolute atomic E-state index is 0.0735. The van der Waals surface area contributed by atoms with Gasteiger partial charge >= 0.3 is 0 Å². The molecule has 4 N–H and O–H groups in total. The van der Waals surface area contributed by atoms with Crippen LogP contribution in [0.15, 0.2) is 29.6 Å². The molecule has 1 heterocycles. The number of allylic oxidation sites excluding steroid dienone is 1. The largest absolute Gasteiger partial charge is 0.393 e. The first-order chi connectivity index (χ1) is 10.4. The molecule has 0 saturated carbocycles. The van der Waals surface area contributed by atoms with Crippen LogP contribution in [0.1, 0.15) is 37.7 Å². The fraction of sp³-hybridized carbons (Fsp3) is 0.429. The van der Waals surface area contributed by atoms with E-state index >= 15 is 0 Å². The summed E-state index contributed by atoms with van der Waals surface area (Å²) in [5.41, 5.74) is 11.5. The predicted octanol–water partition coefficient (Wildman–Crippen LogP) is 2.03. The van der Waals surface area contributed by atoms with E-state index in [1.807, 2.05) is 0 Å². The molecule has 1 atom stereocenters. The van der Waals surface area contributed by atoms with Gasteiger partial charge in [0.25, 0.3) is 5.70 Å². The SMILES string of the molecule is CCCCc1cc(Cl)nc(C2(N)C=CC(N)=C([N+](=O)[O-])C2)n1. The standard InChI is InChI=1S/C14H18ClN5O2/c1-2-3-4-9-7-12(15)19-13(18-9)14(17)6-5-10(16)11(8-14)20(21)22/h5-7H,2-4,8,16-17H2,1H3. The van der Waals surface area contributed by atoms with E-state index in [1.54, 1.807) is 12.1 Å². The van der Waals surface area contributed by atoms with Crippen LogP contribution in [0, 0.1) is 10.1 Å². The molecule has 1 aliphatic carbocycles. The lowest BCUT2D eigenvalue weighted by atomic mass is 9.88. The van der Waals surface area contributed by atoms with Crippen LogP contribution in [0.3, 0.4) is 0 Å². The van der Waals surface area contributed by atoms with Gasteiger partial charge in [-0.05, 0) is 25.0 Å². The molecule has 0 aromatic carbocycles. The Morgan fingerprint density at radius 2 is 2.23 bits per heavy atom. The highest BCUT2D eigenvalue weighted by Gasteiger charge is 2.37. The molecule has 1 aliphatic rings. The molecule has 1 unspecified atom stereocenters. The number of unbranched alkanes of at least 4 members (excludes halogenated alkanes) is 1. The lowest BCUT2D eigenvalue weighted by molar-refractivity contribution is -0.430. The monoisotopic (exact) mass is 323 g/mol. The average molecular weight is 324 g/mol. The summed E-state index contributed by atoms with van der Waals surface area (Å²) >= 11 is 6.04. The van der Waals surface area contributed by atoms with Gasteiger partial charge in [-0.3, -0.25) is 10.1 Å². The number of hydrogen-bond donors (Lipinski definition) is 2. The lowest BCUT2D eigenvalue weighted by Crippen LogP contribution is -2.40. The van der Waals surface area contributed by atoms with Gasteiger partial charge in [0.2, 0.25) is 0 Å². The summed E-state index contributed by atoms with van der Waals surface area (Å²) in [7, 11) is 0. The second kappa shape index (κ2) is 6.41. The molecule has 0 spiro atoms. The Morgan fingerprint density at radius 3 is 2.86 bits per heavy atom. The molecule has 0 radical (unpaired) electrons. The fourth-order valence-corrected chi connectivity index (χ4v) is 2.46. The van der Waals surface area contributed by atoms with Gasteiger partial charge < -0.3 is 11.5 Å². The minimum Gasteiger partial charge on any atom is -0.393 e. The number of aryl methyl sites for hydroxylation is 1. The number of nitrogens with zero attached hydrogens (tertiary/aromatic N) is 3. The lowest BCUT2D eigenvalue weighted by Gasteiger charge is -2.26. The van der Waals surface area contributed by atoms with Crippen molar-refractivity contribution in [2.45, 2.75) is 38.1 Å². The first-order valence-corrected chi connectivity index (χ1v) is 7.38. The fourth-order valence-electron chi connectivity index (χ4n) is 2.25. The molecular formula is C14H18ClN5O2. The molecule has 7 nitrogen and oxygen atoms in total. The van der Waals surface area contributed by atoms with E-state index in [-0.39, 0.29) is 28.8 Å². The summed E-state index contributed by atoms with van der Waals surface area (Å²) in [4.78, 5) is 19.1. The normalized spacial score (nSPS) is 21.2. The van der Waals surface area contributed by atoms with Crippen molar-refractivity contribution in [3.8, 4) is 0 Å². The first-order valence-electron chi connectivity index (χ1n) is 7.01. The van der Waals surface area contributed by atoms with Crippen molar-refractivity contribution in [1.82, 2.24) is 9.97 Å². The van der Waals surface area contributed by atoms with Crippen molar-refractivity contribution in [1.29, 1.82) is 0 Å². The van der Waals surface area contributed by atoms with Crippen molar-refractivity contribution in [2.24, 2.45) is 11.5 Å². The quantitative estimate of drug-likeness (QED) is 0.486. The Labute approximate surface area is 133 Å². The van der Waals surface area contributed by atoms with Crippen LogP contribution in [-0.4, -0.2) is 14.9 Å². The summed E-state index contributed by atoms with van der Waals surface area (Å²) in [6.07, 6.45) is 5.69. The van der Waals surface area contributed by atoms with Crippen LogP contribution in [-0.2, 0) is 12.0 Å². The third kappa shape index (κ3) is 3.42. The van der Waals surface area contributed by atoms with Gasteiger partial charge in [-0.2, -0.15) is 0 Å². The van der Waals surface area contributed by atoms with E-state index < -0.39 is 10.5 Å². The van der Waals surface area contributed by atoms with Crippen molar-refractivity contribution < 1.29 is 4.92 Å². The Hall–Kier alpha value is -1.99. The molecule has 22 heavy (non-hydrogen) atoms. The van der Waals surface area contributed by atoms with Gasteiger partial charge in [0.15, 0.2) is 5.82 Å². The highest BCUT2D eigenvalue weighted by Crippen LogP contribution is 2.31. The Balaban J connectivity index is 2.37. The van der Waals surface area contributed by atoms with Crippen molar-refractivity contribution in [3.05, 3.63) is 56.4 Å². The first kappa shape index (κ1) is 16.4. The molecule has 118 valence electrons. The van der Waals surface area contributed by atoms with Gasteiger partial charge in [0.05, 0.1) is 11.3 Å². The predicted molar refractivity (Wildman–Crippen MR) is 83.5 cm³/mol. The zero-order valence-corrected chi connectivity index (χ0v) is 13.0. The molecule has 1 aromatic heterocycles. The van der Waals surface area contributed by atoms with Crippen LogP contribution < -0.4 is 11.5 Å². The molecular weight excluding hydrogens is 306 g/mol. The Morgan fingerprint density at radius 1 is 1.50 bits per heavy atom. The van der Waals surface area contributed by atoms with Crippen molar-refractivity contribution in [2.75, 3.05) is 0 Å². The summed E-state index contributed by atoms with van der Waals surface area (Å²) in [5.74, 6) is 0.272. The molecule has 0 fully saturated rings. The number of aromatic nitrogens is 2. The number of hydrogen-bond acceptors (Lipinski definition) is 6. The van der Waals surface area contributed by atoms with Gasteiger partial charge in [0, 0.05) is 5.69 Å². The van der Waals surface area contributed by atoms with Gasteiger partial charge in [-0.1, -0.05) is 31.0 Å². The molecule has 8 heteroatoms. The van der Waals surface area contributed by atoms with Crippen molar-refractivity contribution in [3.63, 3.8) is 0 Å². The van der Waals surface area contributed by atoms with E-state index in [0.29, 0.717) is 0 Å². The van der Waals surface area contributed by atoms with E-state index in [4.69, 9.17) is 23.1 Å². The summed E-state index contributed by atoms with van der Waals surface area (Å²) in [6.45, 7) is 2.08. The Bertz CT molecular complexity index is 659. The third-order valence-corrected chi connectivity index (χ3v) is 3.72.